The zero-order chi connectivity index (χ0) is 13.7. The Labute approximate surface area is 114 Å². The highest BCUT2D eigenvalue weighted by Crippen LogP contribution is 2.17. The first-order chi connectivity index (χ1) is 9.20. The molecule has 1 saturated heterocycles. The lowest BCUT2D eigenvalue weighted by Crippen LogP contribution is -2.42. The van der Waals surface area contributed by atoms with Gasteiger partial charge in [0.1, 0.15) is 5.75 Å². The maximum atomic E-state index is 12.4. The van der Waals surface area contributed by atoms with Crippen molar-refractivity contribution in [2.45, 2.75) is 32.2 Å². The molecule has 2 rings (SSSR count). The number of piperidine rings is 1. The Kier molecular flexibility index (Phi) is 4.80. The number of hydrogen-bond acceptors (Lipinski definition) is 3. The molecule has 1 amide bonds. The number of nitrogens with zero attached hydrogens (tertiary/aromatic N) is 1. The Morgan fingerprint density at radius 3 is 2.84 bits per heavy atom. The number of nitrogens with two attached hydrogens (primary N) is 1. The first-order valence-corrected chi connectivity index (χ1v) is 6.98. The van der Waals surface area contributed by atoms with Gasteiger partial charge in [-0.15, -0.1) is 0 Å². The summed E-state index contributed by atoms with van der Waals surface area (Å²) in [5.74, 6) is 0.843. The summed E-state index contributed by atoms with van der Waals surface area (Å²) in [6.45, 7) is 4.24. The summed E-state index contributed by atoms with van der Waals surface area (Å²) in [6.07, 6.45) is 2.73. The zero-order valence-corrected chi connectivity index (χ0v) is 11.5. The van der Waals surface area contributed by atoms with Crippen molar-refractivity contribution in [3.05, 3.63) is 29.8 Å². The second-order valence-corrected chi connectivity index (χ2v) is 5.01. The third-order valence-electron chi connectivity index (χ3n) is 3.38. The number of carbonyl (C=O) groups is 1. The van der Waals surface area contributed by atoms with Gasteiger partial charge in [0.05, 0.1) is 6.61 Å². The molecule has 0 bridgehead atoms. The van der Waals surface area contributed by atoms with Crippen molar-refractivity contribution in [1.82, 2.24) is 4.90 Å². The zero-order valence-electron chi connectivity index (χ0n) is 11.5. The van der Waals surface area contributed by atoms with Crippen LogP contribution in [0.25, 0.3) is 0 Å². The molecule has 19 heavy (non-hydrogen) atoms. The van der Waals surface area contributed by atoms with Crippen molar-refractivity contribution in [3.8, 4) is 5.75 Å². The van der Waals surface area contributed by atoms with Gasteiger partial charge < -0.3 is 15.4 Å². The van der Waals surface area contributed by atoms with E-state index in [1.807, 2.05) is 29.2 Å². The van der Waals surface area contributed by atoms with Crippen LogP contribution in [0.1, 0.15) is 36.5 Å². The summed E-state index contributed by atoms with van der Waals surface area (Å²) in [4.78, 5) is 14.2. The quantitative estimate of drug-likeness (QED) is 0.903. The number of likely N-dealkylation sites (tertiary alicyclic amines) is 1. The lowest BCUT2D eigenvalue weighted by molar-refractivity contribution is 0.0714. The Hall–Kier alpha value is -1.55. The van der Waals surface area contributed by atoms with Crippen LogP contribution in [0.15, 0.2) is 24.3 Å². The molecule has 0 saturated carbocycles. The van der Waals surface area contributed by atoms with Crippen LogP contribution in [0.4, 0.5) is 0 Å². The summed E-state index contributed by atoms with van der Waals surface area (Å²) in [5.41, 5.74) is 6.56. The van der Waals surface area contributed by atoms with Gasteiger partial charge in [-0.3, -0.25) is 4.79 Å². The van der Waals surface area contributed by atoms with Crippen LogP contribution in [-0.2, 0) is 0 Å². The number of amides is 1. The molecule has 0 unspecified atom stereocenters. The van der Waals surface area contributed by atoms with E-state index in [0.717, 1.165) is 38.1 Å². The SMILES string of the molecule is CCCOc1cccc(C(=O)N2CCC(N)CC2)c1. The van der Waals surface area contributed by atoms with Crippen molar-refractivity contribution >= 4 is 5.91 Å². The third-order valence-corrected chi connectivity index (χ3v) is 3.38. The van der Waals surface area contributed by atoms with Crippen molar-refractivity contribution in [1.29, 1.82) is 0 Å². The highest BCUT2D eigenvalue weighted by molar-refractivity contribution is 5.94. The van der Waals surface area contributed by atoms with Gasteiger partial charge >= 0.3 is 0 Å². The lowest BCUT2D eigenvalue weighted by Gasteiger charge is -2.30. The Bertz CT molecular complexity index is 426. The van der Waals surface area contributed by atoms with Crippen molar-refractivity contribution in [2.24, 2.45) is 5.73 Å². The summed E-state index contributed by atoms with van der Waals surface area (Å²) in [5, 5.41) is 0. The maximum Gasteiger partial charge on any atom is 0.253 e. The van der Waals surface area contributed by atoms with Gasteiger partial charge in [-0.05, 0) is 37.5 Å². The standard InChI is InChI=1S/C15H22N2O2/c1-2-10-19-14-5-3-4-12(11-14)15(18)17-8-6-13(16)7-9-17/h3-5,11,13H,2,6-10,16H2,1H3. The molecule has 0 radical (unpaired) electrons. The van der Waals surface area contributed by atoms with Gasteiger partial charge in [0, 0.05) is 24.7 Å². The van der Waals surface area contributed by atoms with Crippen LogP contribution in [0.5, 0.6) is 5.75 Å². The normalized spacial score (nSPS) is 16.4. The van der Waals surface area contributed by atoms with Gasteiger partial charge in [0.25, 0.3) is 5.91 Å². The molecule has 0 aliphatic carbocycles. The molecule has 104 valence electrons. The molecule has 1 fully saturated rings. The number of hydrogen-bond donors (Lipinski definition) is 1. The molecule has 4 heteroatoms. The summed E-state index contributed by atoms with van der Waals surface area (Å²) in [6, 6.07) is 7.66. The number of rotatable bonds is 4. The van der Waals surface area contributed by atoms with E-state index < -0.39 is 0 Å². The van der Waals surface area contributed by atoms with Crippen molar-refractivity contribution < 1.29 is 9.53 Å². The van der Waals surface area contributed by atoms with Crippen LogP contribution in [0.3, 0.4) is 0 Å². The Morgan fingerprint density at radius 2 is 2.16 bits per heavy atom. The summed E-state index contributed by atoms with van der Waals surface area (Å²) in [7, 11) is 0. The average Bonchev–Trinajstić information content (AvgIpc) is 2.45. The van der Waals surface area contributed by atoms with Gasteiger partial charge in [-0.1, -0.05) is 13.0 Å². The fourth-order valence-electron chi connectivity index (χ4n) is 2.22. The number of benzene rings is 1. The van der Waals surface area contributed by atoms with E-state index in [4.69, 9.17) is 10.5 Å². The van der Waals surface area contributed by atoms with E-state index in [-0.39, 0.29) is 11.9 Å². The van der Waals surface area contributed by atoms with E-state index in [0.29, 0.717) is 12.2 Å². The van der Waals surface area contributed by atoms with E-state index in [2.05, 4.69) is 6.92 Å². The van der Waals surface area contributed by atoms with Crippen LogP contribution >= 0.6 is 0 Å². The van der Waals surface area contributed by atoms with Gasteiger partial charge in [-0.25, -0.2) is 0 Å². The second kappa shape index (κ2) is 6.57. The molecule has 1 aromatic carbocycles. The molecule has 1 aromatic rings. The highest BCUT2D eigenvalue weighted by atomic mass is 16.5. The molecule has 4 nitrogen and oxygen atoms in total. The minimum absolute atomic E-state index is 0.0776. The first-order valence-electron chi connectivity index (χ1n) is 6.98. The fourth-order valence-corrected chi connectivity index (χ4v) is 2.22. The van der Waals surface area contributed by atoms with Gasteiger partial charge in [-0.2, -0.15) is 0 Å². The fraction of sp³-hybridized carbons (Fsp3) is 0.533. The lowest BCUT2D eigenvalue weighted by atomic mass is 10.0. The smallest absolute Gasteiger partial charge is 0.253 e. The number of ether oxygens (including phenoxy) is 1. The minimum Gasteiger partial charge on any atom is -0.494 e. The van der Waals surface area contributed by atoms with Crippen molar-refractivity contribution in [3.63, 3.8) is 0 Å². The molecule has 0 spiro atoms. The van der Waals surface area contributed by atoms with E-state index in [9.17, 15) is 4.79 Å². The van der Waals surface area contributed by atoms with Crippen LogP contribution < -0.4 is 10.5 Å². The topological polar surface area (TPSA) is 55.6 Å². The minimum atomic E-state index is 0.0776. The predicted molar refractivity (Wildman–Crippen MR) is 75.3 cm³/mol. The monoisotopic (exact) mass is 262 g/mol. The van der Waals surface area contributed by atoms with Crippen LogP contribution in [0, 0.1) is 0 Å². The largest absolute Gasteiger partial charge is 0.494 e. The Morgan fingerprint density at radius 1 is 1.42 bits per heavy atom. The average molecular weight is 262 g/mol. The second-order valence-electron chi connectivity index (χ2n) is 5.01. The van der Waals surface area contributed by atoms with Gasteiger partial charge in [0.2, 0.25) is 0 Å². The van der Waals surface area contributed by atoms with Gasteiger partial charge in [0.15, 0.2) is 0 Å². The summed E-state index contributed by atoms with van der Waals surface area (Å²) >= 11 is 0. The number of carbonyl (C=O) groups excluding carboxylic acids is 1. The maximum absolute atomic E-state index is 12.4. The molecule has 0 aromatic heterocycles. The van der Waals surface area contributed by atoms with Crippen molar-refractivity contribution in [2.75, 3.05) is 19.7 Å². The molecule has 2 N–H and O–H groups in total. The molecule has 1 heterocycles. The third kappa shape index (κ3) is 3.70. The van der Waals surface area contributed by atoms with E-state index in [1.165, 1.54) is 0 Å². The predicted octanol–water partition coefficient (Wildman–Crippen LogP) is 2.04. The summed E-state index contributed by atoms with van der Waals surface area (Å²) < 4.78 is 5.56. The molecular formula is C15H22N2O2. The van der Waals surface area contributed by atoms with Crippen LogP contribution in [0.2, 0.25) is 0 Å². The van der Waals surface area contributed by atoms with E-state index >= 15 is 0 Å². The first kappa shape index (κ1) is 13.9. The molecule has 0 atom stereocenters. The Balaban J connectivity index is 2.02. The molecule has 1 aliphatic rings. The molecule has 1 aliphatic heterocycles. The highest BCUT2D eigenvalue weighted by Gasteiger charge is 2.21. The molecular weight excluding hydrogens is 240 g/mol. The van der Waals surface area contributed by atoms with E-state index in [1.54, 1.807) is 0 Å². The van der Waals surface area contributed by atoms with Crippen LogP contribution in [-0.4, -0.2) is 36.5 Å².